The van der Waals surface area contributed by atoms with Crippen molar-refractivity contribution in [2.45, 2.75) is 31.7 Å². The Hall–Kier alpha value is -0.550. The third-order valence-electron chi connectivity index (χ3n) is 3.12. The largest absolute Gasteiger partial charge is 0.326 e. The Morgan fingerprint density at radius 3 is 2.50 bits per heavy atom. The first-order valence-corrected chi connectivity index (χ1v) is 3.94. The van der Waals surface area contributed by atoms with Gasteiger partial charge in [0.1, 0.15) is 0 Å². The summed E-state index contributed by atoms with van der Waals surface area (Å²) in [5.74, 6) is 0.833. The molecule has 2 heteroatoms. The zero-order chi connectivity index (χ0) is 7.19. The van der Waals surface area contributed by atoms with Crippen molar-refractivity contribution in [3.63, 3.8) is 0 Å². The van der Waals surface area contributed by atoms with Gasteiger partial charge in [0.15, 0.2) is 0 Å². The van der Waals surface area contributed by atoms with Crippen LogP contribution in [0.2, 0.25) is 0 Å². The maximum Gasteiger partial charge on any atom is 0.0729 e. The zero-order valence-electron chi connectivity index (χ0n) is 6.01. The van der Waals surface area contributed by atoms with E-state index < -0.39 is 0 Å². The summed E-state index contributed by atoms with van der Waals surface area (Å²) in [6, 6.07) is 2.54. The van der Waals surface area contributed by atoms with Gasteiger partial charge in [0.2, 0.25) is 0 Å². The van der Waals surface area contributed by atoms with Gasteiger partial charge in [0.25, 0.3) is 0 Å². The molecule has 3 rings (SSSR count). The molecule has 10 heavy (non-hydrogen) atoms. The topological polar surface area (TPSA) is 49.8 Å². The van der Waals surface area contributed by atoms with Crippen molar-refractivity contribution in [3.05, 3.63) is 0 Å². The molecule has 3 saturated carbocycles. The number of nitriles is 1. The molecule has 0 aromatic rings. The van der Waals surface area contributed by atoms with Gasteiger partial charge in [-0.15, -0.1) is 0 Å². The molecule has 1 unspecified atom stereocenters. The predicted octanol–water partition coefficient (Wildman–Crippen LogP) is 1.03. The molecule has 1 atom stereocenters. The van der Waals surface area contributed by atoms with Crippen molar-refractivity contribution < 1.29 is 0 Å². The van der Waals surface area contributed by atoms with Crippen molar-refractivity contribution >= 4 is 0 Å². The molecule has 0 saturated heterocycles. The van der Waals surface area contributed by atoms with E-state index in [1.807, 2.05) is 0 Å². The lowest BCUT2D eigenvalue weighted by Crippen LogP contribution is -2.54. The fourth-order valence-corrected chi connectivity index (χ4v) is 2.34. The highest BCUT2D eigenvalue weighted by molar-refractivity contribution is 5.15. The molecule has 2 N–H and O–H groups in total. The van der Waals surface area contributed by atoms with Crippen LogP contribution in [0.15, 0.2) is 0 Å². The summed E-state index contributed by atoms with van der Waals surface area (Å²) in [5.41, 5.74) is 5.74. The summed E-state index contributed by atoms with van der Waals surface area (Å²) in [5, 5.41) is 8.83. The molecule has 0 heterocycles. The molecule has 3 aliphatic carbocycles. The van der Waals surface area contributed by atoms with Crippen LogP contribution in [-0.4, -0.2) is 6.04 Å². The van der Waals surface area contributed by atoms with Gasteiger partial charge in [0.05, 0.1) is 11.5 Å². The monoisotopic (exact) mass is 136 g/mol. The van der Waals surface area contributed by atoms with Crippen molar-refractivity contribution in [2.75, 3.05) is 0 Å². The van der Waals surface area contributed by atoms with Crippen LogP contribution in [-0.2, 0) is 0 Å². The fourth-order valence-electron chi connectivity index (χ4n) is 2.34. The van der Waals surface area contributed by atoms with Gasteiger partial charge < -0.3 is 5.73 Å². The van der Waals surface area contributed by atoms with E-state index in [0.29, 0.717) is 0 Å². The van der Waals surface area contributed by atoms with Crippen LogP contribution in [0.4, 0.5) is 0 Å². The van der Waals surface area contributed by atoms with E-state index in [9.17, 15) is 0 Å². The summed E-state index contributed by atoms with van der Waals surface area (Å²) in [6.07, 6.45) is 4.47. The highest BCUT2D eigenvalue weighted by Gasteiger charge is 2.52. The Labute approximate surface area is 61.0 Å². The molecular weight excluding hydrogens is 124 g/mol. The molecule has 0 amide bonds. The Bertz CT molecular complexity index is 186. The summed E-state index contributed by atoms with van der Waals surface area (Å²) < 4.78 is 0. The van der Waals surface area contributed by atoms with Crippen LogP contribution in [0, 0.1) is 22.7 Å². The number of rotatable bonds is 0. The van der Waals surface area contributed by atoms with Crippen molar-refractivity contribution in [1.29, 1.82) is 5.26 Å². The van der Waals surface area contributed by atoms with Gasteiger partial charge in [-0.3, -0.25) is 0 Å². The molecule has 3 fully saturated rings. The molecule has 0 aromatic heterocycles. The SMILES string of the molecule is N#CC12CC(CCC1N)C2. The first kappa shape index (κ1) is 6.18. The number of hydrogen-bond acceptors (Lipinski definition) is 2. The van der Waals surface area contributed by atoms with E-state index in [-0.39, 0.29) is 11.5 Å². The molecule has 3 aliphatic rings. The maximum absolute atomic E-state index is 8.83. The molecule has 2 bridgehead atoms. The minimum Gasteiger partial charge on any atom is -0.326 e. The van der Waals surface area contributed by atoms with Crippen molar-refractivity contribution in [3.8, 4) is 6.07 Å². The van der Waals surface area contributed by atoms with Crippen LogP contribution < -0.4 is 5.73 Å². The van der Waals surface area contributed by atoms with Crippen LogP contribution in [0.3, 0.4) is 0 Å². The summed E-state index contributed by atoms with van der Waals surface area (Å²) in [6.45, 7) is 0. The molecule has 54 valence electrons. The molecule has 0 aromatic carbocycles. The molecular formula is C8H12N2. The van der Waals surface area contributed by atoms with Gasteiger partial charge in [-0.25, -0.2) is 0 Å². The standard InChI is InChI=1S/C8H12N2/c9-5-8-3-6(4-8)1-2-7(8)10/h6-7H,1-4,10H2. The molecule has 0 aliphatic heterocycles. The lowest BCUT2D eigenvalue weighted by Gasteiger charge is -2.51. The second-order valence-electron chi connectivity index (χ2n) is 3.73. The van der Waals surface area contributed by atoms with Gasteiger partial charge in [-0.2, -0.15) is 5.26 Å². The number of nitrogens with two attached hydrogens (primary N) is 1. The van der Waals surface area contributed by atoms with Crippen LogP contribution in [0.25, 0.3) is 0 Å². The molecule has 0 spiro atoms. The summed E-state index contributed by atoms with van der Waals surface area (Å²) in [7, 11) is 0. The molecule has 2 nitrogen and oxygen atoms in total. The number of hydrogen-bond donors (Lipinski definition) is 1. The van der Waals surface area contributed by atoms with Crippen LogP contribution in [0.5, 0.6) is 0 Å². The van der Waals surface area contributed by atoms with E-state index in [0.717, 1.165) is 25.2 Å². The molecule has 0 radical (unpaired) electrons. The Morgan fingerprint density at radius 2 is 2.10 bits per heavy atom. The Kier molecular flexibility index (Phi) is 1.07. The Morgan fingerprint density at radius 1 is 1.40 bits per heavy atom. The maximum atomic E-state index is 8.83. The number of fused-ring (bicyclic) bond motifs is 2. The fraction of sp³-hybridized carbons (Fsp3) is 0.875. The summed E-state index contributed by atoms with van der Waals surface area (Å²) in [4.78, 5) is 0. The highest BCUT2D eigenvalue weighted by Crippen LogP contribution is 2.54. The van der Waals surface area contributed by atoms with Gasteiger partial charge in [-0.05, 0) is 31.6 Å². The lowest BCUT2D eigenvalue weighted by molar-refractivity contribution is 0.0265. The smallest absolute Gasteiger partial charge is 0.0729 e. The minimum atomic E-state index is -0.0943. The lowest BCUT2D eigenvalue weighted by atomic mass is 9.53. The van der Waals surface area contributed by atoms with E-state index in [2.05, 4.69) is 6.07 Å². The normalized spacial score (nSPS) is 51.2. The first-order valence-electron chi connectivity index (χ1n) is 3.94. The zero-order valence-corrected chi connectivity index (χ0v) is 6.01. The van der Waals surface area contributed by atoms with Crippen molar-refractivity contribution in [1.82, 2.24) is 0 Å². The van der Waals surface area contributed by atoms with Gasteiger partial charge >= 0.3 is 0 Å². The second kappa shape index (κ2) is 1.73. The van der Waals surface area contributed by atoms with Gasteiger partial charge in [-0.1, -0.05) is 0 Å². The number of nitrogens with zero attached hydrogens (tertiary/aromatic N) is 1. The van der Waals surface area contributed by atoms with E-state index >= 15 is 0 Å². The Balaban J connectivity index is 2.19. The summed E-state index contributed by atoms with van der Waals surface area (Å²) >= 11 is 0. The average molecular weight is 136 g/mol. The minimum absolute atomic E-state index is 0.0943. The van der Waals surface area contributed by atoms with Crippen LogP contribution in [0.1, 0.15) is 25.7 Å². The van der Waals surface area contributed by atoms with Crippen LogP contribution >= 0.6 is 0 Å². The quantitative estimate of drug-likeness (QED) is 0.540. The van der Waals surface area contributed by atoms with Gasteiger partial charge in [0, 0.05) is 6.04 Å². The second-order valence-corrected chi connectivity index (χ2v) is 3.73. The third kappa shape index (κ3) is 0.564. The third-order valence-corrected chi connectivity index (χ3v) is 3.12. The van der Waals surface area contributed by atoms with Crippen molar-refractivity contribution in [2.24, 2.45) is 17.1 Å². The van der Waals surface area contributed by atoms with E-state index in [4.69, 9.17) is 11.0 Å². The predicted molar refractivity (Wildman–Crippen MR) is 38.0 cm³/mol. The average Bonchev–Trinajstić information content (AvgIpc) is 1.86. The highest BCUT2D eigenvalue weighted by atomic mass is 14.7. The van der Waals surface area contributed by atoms with E-state index in [1.165, 1.54) is 6.42 Å². The van der Waals surface area contributed by atoms with E-state index in [1.54, 1.807) is 0 Å². The first-order chi connectivity index (χ1) is 4.77.